The summed E-state index contributed by atoms with van der Waals surface area (Å²) < 4.78 is 1.93. The smallest absolute Gasteiger partial charge is 0.271 e. The van der Waals surface area contributed by atoms with Crippen LogP contribution < -0.4 is 5.32 Å². The first-order valence-corrected chi connectivity index (χ1v) is 6.87. The molecule has 0 saturated heterocycles. The molecular weight excluding hydrogens is 258 g/mol. The van der Waals surface area contributed by atoms with Gasteiger partial charge in [-0.15, -0.1) is 11.3 Å². The van der Waals surface area contributed by atoms with Gasteiger partial charge < -0.3 is 5.32 Å². The number of carbonyl (C=O) groups is 1. The summed E-state index contributed by atoms with van der Waals surface area (Å²) in [4.78, 5) is 17.2. The molecule has 1 N–H and O–H groups in total. The van der Waals surface area contributed by atoms with Crippen molar-refractivity contribution in [2.24, 2.45) is 0 Å². The number of hydrogen-bond donors (Lipinski definition) is 1. The molecule has 0 radical (unpaired) electrons. The summed E-state index contributed by atoms with van der Waals surface area (Å²) >= 11 is 1.54. The molecule has 5 heteroatoms. The molecule has 3 aromatic rings. The highest BCUT2D eigenvalue weighted by Crippen LogP contribution is 2.15. The van der Waals surface area contributed by atoms with Gasteiger partial charge in [0.15, 0.2) is 4.96 Å². The van der Waals surface area contributed by atoms with Crippen LogP contribution >= 0.6 is 11.3 Å². The van der Waals surface area contributed by atoms with E-state index in [1.807, 2.05) is 47.0 Å². The highest BCUT2D eigenvalue weighted by molar-refractivity contribution is 7.15. The molecule has 4 nitrogen and oxygen atoms in total. The first-order chi connectivity index (χ1) is 9.24. The lowest BCUT2D eigenvalue weighted by Crippen LogP contribution is -2.23. The van der Waals surface area contributed by atoms with Crippen molar-refractivity contribution >= 4 is 22.2 Å². The molecule has 2 aromatic heterocycles. The Morgan fingerprint density at radius 1 is 1.37 bits per heavy atom. The summed E-state index contributed by atoms with van der Waals surface area (Å²) in [6.07, 6.45) is 1.78. The van der Waals surface area contributed by atoms with Crippen molar-refractivity contribution in [2.75, 3.05) is 0 Å². The maximum Gasteiger partial charge on any atom is 0.271 e. The molecule has 19 heavy (non-hydrogen) atoms. The lowest BCUT2D eigenvalue weighted by atomic mass is 10.2. The van der Waals surface area contributed by atoms with E-state index in [4.69, 9.17) is 0 Å². The fraction of sp³-hybridized carbons (Fsp3) is 0.143. The van der Waals surface area contributed by atoms with E-state index in [-0.39, 0.29) is 5.91 Å². The third-order valence-electron chi connectivity index (χ3n) is 2.92. The summed E-state index contributed by atoms with van der Waals surface area (Å²) in [5, 5.41) is 4.90. The Kier molecular flexibility index (Phi) is 3.05. The van der Waals surface area contributed by atoms with Gasteiger partial charge in [0, 0.05) is 23.8 Å². The molecule has 0 aliphatic rings. The van der Waals surface area contributed by atoms with Crippen molar-refractivity contribution in [3.05, 3.63) is 58.9 Å². The van der Waals surface area contributed by atoms with E-state index >= 15 is 0 Å². The normalized spacial score (nSPS) is 10.8. The number of aryl methyl sites for hydroxylation is 1. The van der Waals surface area contributed by atoms with Crippen LogP contribution in [-0.2, 0) is 6.54 Å². The van der Waals surface area contributed by atoms with Crippen molar-refractivity contribution in [3.8, 4) is 0 Å². The van der Waals surface area contributed by atoms with E-state index in [1.54, 1.807) is 6.20 Å². The standard InChI is InChI=1S/C14H13N3OS/c1-10-9-19-14-16-12(8-17(10)14)13(18)15-7-11-5-3-2-4-6-11/h2-6,8-9H,7H2,1H3,(H,15,18). The van der Waals surface area contributed by atoms with Crippen LogP contribution in [0.4, 0.5) is 0 Å². The number of amides is 1. The highest BCUT2D eigenvalue weighted by atomic mass is 32.1. The number of carbonyl (C=O) groups excluding carboxylic acids is 1. The average Bonchev–Trinajstić information content (AvgIpc) is 3.00. The molecule has 2 heterocycles. The van der Waals surface area contributed by atoms with Crippen LogP contribution in [0, 0.1) is 6.92 Å². The van der Waals surface area contributed by atoms with Gasteiger partial charge in [-0.2, -0.15) is 0 Å². The van der Waals surface area contributed by atoms with Gasteiger partial charge in [0.1, 0.15) is 5.69 Å². The zero-order valence-corrected chi connectivity index (χ0v) is 11.3. The zero-order chi connectivity index (χ0) is 13.2. The summed E-state index contributed by atoms with van der Waals surface area (Å²) in [5.41, 5.74) is 2.63. The van der Waals surface area contributed by atoms with Gasteiger partial charge in [-0.05, 0) is 12.5 Å². The average molecular weight is 271 g/mol. The molecule has 0 aliphatic heterocycles. The van der Waals surface area contributed by atoms with E-state index in [0.29, 0.717) is 12.2 Å². The monoisotopic (exact) mass is 271 g/mol. The molecule has 0 unspecified atom stereocenters. The number of nitrogens with one attached hydrogen (secondary N) is 1. The molecule has 0 aliphatic carbocycles. The molecular formula is C14H13N3OS. The van der Waals surface area contributed by atoms with Crippen molar-refractivity contribution < 1.29 is 4.79 Å². The van der Waals surface area contributed by atoms with Gasteiger partial charge >= 0.3 is 0 Å². The Morgan fingerprint density at radius 3 is 2.89 bits per heavy atom. The van der Waals surface area contributed by atoms with Gasteiger partial charge in [0.25, 0.3) is 5.91 Å². The SMILES string of the molecule is Cc1csc2nc(C(=O)NCc3ccccc3)cn12. The van der Waals surface area contributed by atoms with Gasteiger partial charge in [0.05, 0.1) is 0 Å². The summed E-state index contributed by atoms with van der Waals surface area (Å²) in [5.74, 6) is -0.140. The van der Waals surface area contributed by atoms with Crippen LogP contribution in [0.3, 0.4) is 0 Å². The predicted molar refractivity (Wildman–Crippen MR) is 75.4 cm³/mol. The van der Waals surface area contributed by atoms with E-state index in [0.717, 1.165) is 16.2 Å². The molecule has 0 fully saturated rings. The lowest BCUT2D eigenvalue weighted by molar-refractivity contribution is 0.0946. The molecule has 3 rings (SSSR count). The molecule has 1 aromatic carbocycles. The van der Waals surface area contributed by atoms with Gasteiger partial charge in [-0.1, -0.05) is 30.3 Å². The molecule has 0 atom stereocenters. The van der Waals surface area contributed by atoms with Crippen LogP contribution in [0.5, 0.6) is 0 Å². The number of nitrogens with zero attached hydrogens (tertiary/aromatic N) is 2. The van der Waals surface area contributed by atoms with Crippen molar-refractivity contribution in [3.63, 3.8) is 0 Å². The fourth-order valence-corrected chi connectivity index (χ4v) is 2.72. The molecule has 0 saturated carbocycles. The van der Waals surface area contributed by atoms with Crippen molar-refractivity contribution in [1.29, 1.82) is 0 Å². The zero-order valence-electron chi connectivity index (χ0n) is 10.5. The fourth-order valence-electron chi connectivity index (χ4n) is 1.87. The van der Waals surface area contributed by atoms with Gasteiger partial charge in [0.2, 0.25) is 0 Å². The first-order valence-electron chi connectivity index (χ1n) is 5.99. The Morgan fingerprint density at radius 2 is 2.16 bits per heavy atom. The largest absolute Gasteiger partial charge is 0.347 e. The number of fused-ring (bicyclic) bond motifs is 1. The minimum absolute atomic E-state index is 0.140. The number of imidazole rings is 1. The predicted octanol–water partition coefficient (Wildman–Crippen LogP) is 2.63. The molecule has 1 amide bonds. The Labute approximate surface area is 114 Å². The summed E-state index contributed by atoms with van der Waals surface area (Å²) in [6.45, 7) is 2.51. The highest BCUT2D eigenvalue weighted by Gasteiger charge is 2.12. The molecule has 0 spiro atoms. The third kappa shape index (κ3) is 2.37. The van der Waals surface area contributed by atoms with E-state index < -0.39 is 0 Å². The van der Waals surface area contributed by atoms with Crippen LogP contribution in [0.2, 0.25) is 0 Å². The Bertz CT molecular complexity index is 715. The van der Waals surface area contributed by atoms with Crippen LogP contribution in [0.15, 0.2) is 41.9 Å². The minimum atomic E-state index is -0.140. The second kappa shape index (κ2) is 4.85. The van der Waals surface area contributed by atoms with Crippen LogP contribution in [-0.4, -0.2) is 15.3 Å². The lowest BCUT2D eigenvalue weighted by Gasteiger charge is -2.02. The summed E-state index contributed by atoms with van der Waals surface area (Å²) in [7, 11) is 0. The van der Waals surface area contributed by atoms with E-state index in [9.17, 15) is 4.79 Å². The maximum atomic E-state index is 12.0. The van der Waals surface area contributed by atoms with Crippen molar-refractivity contribution in [2.45, 2.75) is 13.5 Å². The Hall–Kier alpha value is -2.14. The van der Waals surface area contributed by atoms with E-state index in [1.165, 1.54) is 11.3 Å². The second-order valence-electron chi connectivity index (χ2n) is 4.32. The van der Waals surface area contributed by atoms with Crippen molar-refractivity contribution in [1.82, 2.24) is 14.7 Å². The first kappa shape index (κ1) is 11.9. The quantitative estimate of drug-likeness (QED) is 0.796. The number of hydrogen-bond acceptors (Lipinski definition) is 3. The molecule has 96 valence electrons. The topological polar surface area (TPSA) is 46.4 Å². The van der Waals surface area contributed by atoms with Crippen LogP contribution in [0.25, 0.3) is 4.96 Å². The Balaban J connectivity index is 1.73. The number of aromatic nitrogens is 2. The number of benzene rings is 1. The van der Waals surface area contributed by atoms with E-state index in [2.05, 4.69) is 10.3 Å². The number of thiazole rings is 1. The summed E-state index contributed by atoms with van der Waals surface area (Å²) in [6, 6.07) is 9.83. The third-order valence-corrected chi connectivity index (χ3v) is 3.87. The molecule has 0 bridgehead atoms. The second-order valence-corrected chi connectivity index (χ2v) is 5.16. The van der Waals surface area contributed by atoms with Crippen LogP contribution in [0.1, 0.15) is 21.7 Å². The minimum Gasteiger partial charge on any atom is -0.347 e. The van der Waals surface area contributed by atoms with Gasteiger partial charge in [-0.25, -0.2) is 4.98 Å². The van der Waals surface area contributed by atoms with Gasteiger partial charge in [-0.3, -0.25) is 9.20 Å². The number of rotatable bonds is 3. The maximum absolute atomic E-state index is 12.0.